The van der Waals surface area contributed by atoms with Gasteiger partial charge in [0.2, 0.25) is 5.95 Å². The van der Waals surface area contributed by atoms with Gasteiger partial charge < -0.3 is 16.2 Å². The predicted molar refractivity (Wildman–Crippen MR) is 66.6 cm³/mol. The minimum Gasteiger partial charge on any atom is -0.404 e. The van der Waals surface area contributed by atoms with Gasteiger partial charge in [-0.05, 0) is 4.57 Å². The first-order valence-corrected chi connectivity index (χ1v) is 6.72. The first kappa shape index (κ1) is 16.3. The highest BCUT2D eigenvalue weighted by molar-refractivity contribution is 7.37. The zero-order valence-electron chi connectivity index (χ0n) is 10.2. The Labute approximate surface area is 113 Å². The van der Waals surface area contributed by atoms with Gasteiger partial charge in [0.25, 0.3) is 12.8 Å². The van der Waals surface area contributed by atoms with Crippen molar-refractivity contribution < 1.29 is 23.0 Å². The van der Waals surface area contributed by atoms with Crippen LogP contribution < -0.4 is 11.5 Å². The topological polar surface area (TPSA) is 137 Å². The number of rotatable bonds is 7. The molecule has 0 radical (unpaired) electrons. The molecule has 5 N–H and O–H groups in total. The fourth-order valence-electron chi connectivity index (χ4n) is 1.29. The van der Waals surface area contributed by atoms with Crippen LogP contribution in [0.15, 0.2) is 12.5 Å². The van der Waals surface area contributed by atoms with Gasteiger partial charge in [-0.15, -0.1) is 0 Å². The van der Waals surface area contributed by atoms with Crippen LogP contribution in [0, 0.1) is 0 Å². The zero-order valence-corrected chi connectivity index (χ0v) is 11.1. The number of ether oxygens (including phenoxy) is 1. The maximum absolute atomic E-state index is 12.8. The van der Waals surface area contributed by atoms with Crippen molar-refractivity contribution in [2.24, 2.45) is 5.73 Å². The van der Waals surface area contributed by atoms with E-state index in [0.29, 0.717) is 0 Å². The van der Waals surface area contributed by atoms with Crippen molar-refractivity contribution in [2.45, 2.75) is 19.0 Å². The van der Waals surface area contributed by atoms with E-state index in [1.54, 1.807) is 0 Å². The van der Waals surface area contributed by atoms with Gasteiger partial charge in [-0.2, -0.15) is 9.88 Å². The van der Waals surface area contributed by atoms with Crippen molar-refractivity contribution in [2.75, 3.05) is 12.1 Å². The molecule has 0 aliphatic rings. The molecule has 1 rings (SSSR count). The lowest BCUT2D eigenvalue weighted by molar-refractivity contribution is -0.0374. The molecule has 2 atom stereocenters. The van der Waals surface area contributed by atoms with E-state index >= 15 is 0 Å². The molecule has 1 unspecified atom stereocenters. The summed E-state index contributed by atoms with van der Waals surface area (Å²) in [6.07, 6.45) is -3.33. The normalized spacial score (nSPS) is 14.4. The lowest BCUT2D eigenvalue weighted by Gasteiger charge is -2.15. The molecule has 0 bridgehead atoms. The first-order chi connectivity index (χ1) is 9.43. The van der Waals surface area contributed by atoms with Gasteiger partial charge in [0.05, 0.1) is 0 Å². The Morgan fingerprint density at radius 1 is 1.55 bits per heavy atom. The second-order valence-electron chi connectivity index (χ2n) is 3.58. The number of nitrogens with zero attached hydrogens (tertiary/aromatic N) is 3. The number of anilines is 1. The Kier molecular flexibility index (Phi) is 6.29. The number of aromatic nitrogens is 3. The van der Waals surface area contributed by atoms with Crippen LogP contribution in [0.3, 0.4) is 0 Å². The van der Waals surface area contributed by atoms with Gasteiger partial charge in [-0.3, -0.25) is 0 Å². The van der Waals surface area contributed by atoms with Crippen molar-refractivity contribution in [3.63, 3.8) is 0 Å². The summed E-state index contributed by atoms with van der Waals surface area (Å²) in [4.78, 5) is 19.7. The van der Waals surface area contributed by atoms with Crippen LogP contribution in [-0.4, -0.2) is 38.7 Å². The second kappa shape index (κ2) is 7.73. The number of halogens is 2. The molecular weight excluding hydrogens is 295 g/mol. The molecule has 8 nitrogen and oxygen atoms in total. The number of hydrogen-bond donors (Lipinski definition) is 3. The standard InChI is InChI=1S/C9H12F2N5O3P/c10-7(11)6(19-4-20(17)18)1-5(2-12)8-14-3-15-9(13)16-8/h2-3,6-7H,1,4,12H2,(H2-,13,14,15,16,17,18)/p+1/t6-/m1/s1. The van der Waals surface area contributed by atoms with Crippen LogP contribution in [0.25, 0.3) is 5.57 Å². The Balaban J connectivity index is 2.82. The summed E-state index contributed by atoms with van der Waals surface area (Å²) in [5, 5.41) is 0. The average molecular weight is 308 g/mol. The summed E-state index contributed by atoms with van der Waals surface area (Å²) < 4.78 is 40.7. The Morgan fingerprint density at radius 3 is 2.75 bits per heavy atom. The van der Waals surface area contributed by atoms with E-state index in [-0.39, 0.29) is 23.8 Å². The minimum atomic E-state index is -2.86. The van der Waals surface area contributed by atoms with Crippen LogP contribution in [0.1, 0.15) is 12.2 Å². The van der Waals surface area contributed by atoms with Crippen molar-refractivity contribution >= 4 is 19.5 Å². The van der Waals surface area contributed by atoms with Crippen LogP contribution in [-0.2, 0) is 9.30 Å². The van der Waals surface area contributed by atoms with Crippen molar-refractivity contribution in [1.29, 1.82) is 0 Å². The molecule has 0 saturated carbocycles. The third-order valence-corrected chi connectivity index (χ3v) is 2.55. The van der Waals surface area contributed by atoms with Crippen LogP contribution in [0.2, 0.25) is 0 Å². The fourth-order valence-corrected chi connectivity index (χ4v) is 1.61. The maximum atomic E-state index is 12.8. The highest BCUT2D eigenvalue weighted by Crippen LogP contribution is 2.24. The maximum Gasteiger partial charge on any atom is 0.534 e. The van der Waals surface area contributed by atoms with Crippen LogP contribution >= 0.6 is 8.03 Å². The lowest BCUT2D eigenvalue weighted by Crippen LogP contribution is -2.23. The Hall–Kier alpha value is -1.77. The van der Waals surface area contributed by atoms with E-state index in [0.717, 1.165) is 12.5 Å². The summed E-state index contributed by atoms with van der Waals surface area (Å²) in [5.41, 5.74) is 10.9. The lowest BCUT2D eigenvalue weighted by atomic mass is 10.1. The SMILES string of the molecule is NC=C(C[C@@H](OC[P+](=O)O)C(F)F)c1ncnc(N)n1. The van der Waals surface area contributed by atoms with Gasteiger partial charge in [0.15, 0.2) is 5.82 Å². The molecule has 20 heavy (non-hydrogen) atoms. The van der Waals surface area contributed by atoms with E-state index in [2.05, 4.69) is 19.7 Å². The summed E-state index contributed by atoms with van der Waals surface area (Å²) in [6.45, 7) is 0. The molecule has 0 aliphatic carbocycles. The van der Waals surface area contributed by atoms with E-state index < -0.39 is 26.9 Å². The largest absolute Gasteiger partial charge is 0.534 e. The van der Waals surface area contributed by atoms with E-state index in [1.165, 1.54) is 0 Å². The average Bonchev–Trinajstić information content (AvgIpc) is 2.38. The summed E-state index contributed by atoms with van der Waals surface area (Å²) in [7, 11) is -2.66. The number of nitrogens with two attached hydrogens (primary N) is 2. The Bertz CT molecular complexity index is 502. The molecule has 0 spiro atoms. The van der Waals surface area contributed by atoms with Crippen molar-refractivity contribution in [1.82, 2.24) is 15.0 Å². The minimum absolute atomic E-state index is 0.0441. The van der Waals surface area contributed by atoms with Gasteiger partial charge in [0.1, 0.15) is 12.4 Å². The molecule has 0 amide bonds. The first-order valence-electron chi connectivity index (χ1n) is 5.33. The molecule has 1 heterocycles. The molecular formula is C9H13F2N5O3P+. The Morgan fingerprint density at radius 2 is 2.25 bits per heavy atom. The smallest absolute Gasteiger partial charge is 0.404 e. The summed E-state index contributed by atoms with van der Waals surface area (Å²) in [5.74, 6) is -0.0371. The molecule has 1 aromatic heterocycles. The molecule has 1 aromatic rings. The van der Waals surface area contributed by atoms with Crippen LogP contribution in [0.4, 0.5) is 14.7 Å². The highest BCUT2D eigenvalue weighted by atomic mass is 31.1. The number of nitrogen functional groups attached to an aromatic ring is 1. The van der Waals surface area contributed by atoms with Gasteiger partial charge >= 0.3 is 8.03 Å². The summed E-state index contributed by atoms with van der Waals surface area (Å²) in [6, 6.07) is 0. The molecule has 0 fully saturated rings. The van der Waals surface area contributed by atoms with Gasteiger partial charge in [-0.25, -0.2) is 18.7 Å². The quantitative estimate of drug-likeness (QED) is 0.619. The van der Waals surface area contributed by atoms with E-state index in [9.17, 15) is 13.3 Å². The van der Waals surface area contributed by atoms with Crippen molar-refractivity contribution in [3.8, 4) is 0 Å². The van der Waals surface area contributed by atoms with Gasteiger partial charge in [-0.1, -0.05) is 0 Å². The molecule has 110 valence electrons. The monoisotopic (exact) mass is 308 g/mol. The molecule has 0 aliphatic heterocycles. The highest BCUT2D eigenvalue weighted by Gasteiger charge is 2.27. The zero-order chi connectivity index (χ0) is 15.1. The molecule has 0 saturated heterocycles. The third kappa shape index (κ3) is 5.08. The summed E-state index contributed by atoms with van der Waals surface area (Å²) >= 11 is 0. The van der Waals surface area contributed by atoms with Gasteiger partial charge in [0, 0.05) is 18.2 Å². The number of alkyl halides is 2. The van der Waals surface area contributed by atoms with E-state index in [4.69, 9.17) is 16.4 Å². The predicted octanol–water partition coefficient (Wildman–Crippen LogP) is 0.486. The van der Waals surface area contributed by atoms with Crippen molar-refractivity contribution in [3.05, 3.63) is 18.4 Å². The fraction of sp³-hybridized carbons (Fsp3) is 0.444. The number of hydrogen-bond acceptors (Lipinski definition) is 7. The second-order valence-corrected chi connectivity index (χ2v) is 4.55. The van der Waals surface area contributed by atoms with Crippen LogP contribution in [0.5, 0.6) is 0 Å². The van der Waals surface area contributed by atoms with E-state index in [1.807, 2.05) is 0 Å². The third-order valence-electron chi connectivity index (χ3n) is 2.18. The molecule has 0 aromatic carbocycles. The molecule has 11 heteroatoms.